The van der Waals surface area contributed by atoms with Crippen molar-refractivity contribution in [2.75, 3.05) is 6.54 Å². The zero-order chi connectivity index (χ0) is 16.4. The smallest absolute Gasteiger partial charge is 0.344 e. The summed E-state index contributed by atoms with van der Waals surface area (Å²) in [5.74, 6) is 0.179. The number of aryl methyl sites for hydroxylation is 1. The number of benzene rings is 1. The van der Waals surface area contributed by atoms with Gasteiger partial charge < -0.3 is 10.0 Å². The number of phenolic OH excluding ortho intramolecular Hbond substituents is 1. The van der Waals surface area contributed by atoms with E-state index in [4.69, 9.17) is 0 Å². The summed E-state index contributed by atoms with van der Waals surface area (Å²) in [7, 11) is 0. The largest absolute Gasteiger partial charge is 0.507 e. The Bertz CT molecular complexity index is 704. The normalized spacial score (nSPS) is 14.0. The Balaban J connectivity index is 1.83. The van der Waals surface area contributed by atoms with Crippen LogP contribution in [0.2, 0.25) is 0 Å². The number of aromatic nitrogens is 2. The van der Waals surface area contributed by atoms with Crippen LogP contribution >= 0.6 is 0 Å². The van der Waals surface area contributed by atoms with Gasteiger partial charge >= 0.3 is 6.03 Å². The summed E-state index contributed by atoms with van der Waals surface area (Å²) in [6.07, 6.45) is 5.93. The van der Waals surface area contributed by atoms with Gasteiger partial charge in [-0.1, -0.05) is 25.0 Å². The molecule has 122 valence electrons. The van der Waals surface area contributed by atoms with Crippen LogP contribution in [0.3, 0.4) is 0 Å². The number of phenols is 1. The van der Waals surface area contributed by atoms with Crippen LogP contribution in [0.15, 0.2) is 30.5 Å². The van der Waals surface area contributed by atoms with Crippen LogP contribution in [0.25, 0.3) is 11.3 Å². The quantitative estimate of drug-likeness (QED) is 0.913. The molecular weight excluding hydrogens is 290 g/mol. The molecule has 1 aliphatic rings. The highest BCUT2D eigenvalue weighted by Gasteiger charge is 2.33. The Morgan fingerprint density at radius 3 is 2.87 bits per heavy atom. The van der Waals surface area contributed by atoms with Crippen molar-refractivity contribution in [2.45, 2.75) is 45.6 Å². The highest BCUT2D eigenvalue weighted by atomic mass is 16.3. The Morgan fingerprint density at radius 1 is 1.39 bits per heavy atom. The molecule has 1 amide bonds. The van der Waals surface area contributed by atoms with Crippen molar-refractivity contribution < 1.29 is 9.90 Å². The lowest BCUT2D eigenvalue weighted by atomic mass is 10.1. The summed E-state index contributed by atoms with van der Waals surface area (Å²) in [5.41, 5.74) is 2.31. The third-order valence-electron chi connectivity index (χ3n) is 4.20. The van der Waals surface area contributed by atoms with Crippen LogP contribution < -0.4 is 0 Å². The number of hydrogen-bond donors (Lipinski definition) is 1. The number of carbonyl (C=O) groups excluding carboxylic acids is 1. The molecule has 2 aromatic rings. The van der Waals surface area contributed by atoms with Crippen molar-refractivity contribution >= 4 is 6.03 Å². The number of rotatable bonds is 5. The van der Waals surface area contributed by atoms with Gasteiger partial charge in [0, 0.05) is 24.3 Å². The molecular formula is C18H23N3O2. The maximum Gasteiger partial charge on any atom is 0.344 e. The molecule has 0 saturated heterocycles. The number of unbranched alkanes of at least 4 members (excludes halogenated alkanes) is 1. The van der Waals surface area contributed by atoms with Gasteiger partial charge in [0.1, 0.15) is 5.75 Å². The molecule has 1 heterocycles. The van der Waals surface area contributed by atoms with Gasteiger partial charge in [0.15, 0.2) is 0 Å². The Morgan fingerprint density at radius 2 is 2.17 bits per heavy atom. The third kappa shape index (κ3) is 3.38. The minimum atomic E-state index is -0.0701. The van der Waals surface area contributed by atoms with Gasteiger partial charge in [-0.3, -0.25) is 0 Å². The van der Waals surface area contributed by atoms with Crippen molar-refractivity contribution in [1.29, 1.82) is 0 Å². The molecule has 1 aliphatic carbocycles. The van der Waals surface area contributed by atoms with Crippen LogP contribution in [0, 0.1) is 6.92 Å². The number of hydrogen-bond acceptors (Lipinski definition) is 3. The predicted octanol–water partition coefficient (Wildman–Crippen LogP) is 3.80. The van der Waals surface area contributed by atoms with Crippen molar-refractivity contribution in [3.05, 3.63) is 36.0 Å². The molecule has 0 bridgehead atoms. The molecule has 0 unspecified atom stereocenters. The SMILES string of the molecule is CCCCN(C(=O)n1ccc(-c2cc(C)ccc2O)n1)C1CC1. The first-order chi connectivity index (χ1) is 11.1. The van der Waals surface area contributed by atoms with E-state index >= 15 is 0 Å². The maximum atomic E-state index is 12.7. The predicted molar refractivity (Wildman–Crippen MR) is 89.5 cm³/mol. The van der Waals surface area contributed by atoms with Crippen molar-refractivity contribution in [1.82, 2.24) is 14.7 Å². The van der Waals surface area contributed by atoms with Crippen LogP contribution in [0.4, 0.5) is 4.79 Å². The second-order valence-corrected chi connectivity index (χ2v) is 6.23. The van der Waals surface area contributed by atoms with Gasteiger partial charge in [-0.05, 0) is 44.4 Å². The van der Waals surface area contributed by atoms with E-state index in [9.17, 15) is 9.90 Å². The Hall–Kier alpha value is -2.30. The molecule has 5 nitrogen and oxygen atoms in total. The van der Waals surface area contributed by atoms with E-state index < -0.39 is 0 Å². The van der Waals surface area contributed by atoms with E-state index in [2.05, 4.69) is 12.0 Å². The van der Waals surface area contributed by atoms with Crippen LogP contribution in [0.5, 0.6) is 5.75 Å². The molecule has 0 radical (unpaired) electrons. The van der Waals surface area contributed by atoms with Gasteiger partial charge in [0.25, 0.3) is 0 Å². The van der Waals surface area contributed by atoms with Crippen LogP contribution in [-0.2, 0) is 0 Å². The summed E-state index contributed by atoms with van der Waals surface area (Å²) in [6, 6.07) is 7.46. The van der Waals surface area contributed by atoms with Crippen molar-refractivity contribution in [2.24, 2.45) is 0 Å². The first-order valence-electron chi connectivity index (χ1n) is 8.26. The molecule has 23 heavy (non-hydrogen) atoms. The minimum absolute atomic E-state index is 0.0701. The zero-order valence-corrected chi connectivity index (χ0v) is 13.7. The van der Waals surface area contributed by atoms with Gasteiger partial charge in [0.05, 0.1) is 5.69 Å². The number of amides is 1. The molecule has 1 fully saturated rings. The highest BCUT2D eigenvalue weighted by Crippen LogP contribution is 2.30. The zero-order valence-electron chi connectivity index (χ0n) is 13.7. The van der Waals surface area contributed by atoms with Gasteiger partial charge in [-0.25, -0.2) is 4.79 Å². The number of carbonyl (C=O) groups is 1. The van der Waals surface area contributed by atoms with Crippen molar-refractivity contribution in [3.8, 4) is 17.0 Å². The van der Waals surface area contributed by atoms with Crippen LogP contribution in [-0.4, -0.2) is 38.4 Å². The first kappa shape index (κ1) is 15.6. The average molecular weight is 313 g/mol. The maximum absolute atomic E-state index is 12.7. The molecule has 1 saturated carbocycles. The lowest BCUT2D eigenvalue weighted by Crippen LogP contribution is -2.37. The summed E-state index contributed by atoms with van der Waals surface area (Å²) < 4.78 is 1.39. The Labute approximate surface area is 136 Å². The van der Waals surface area contributed by atoms with Crippen LogP contribution in [0.1, 0.15) is 38.2 Å². The van der Waals surface area contributed by atoms with E-state index in [-0.39, 0.29) is 11.8 Å². The fourth-order valence-corrected chi connectivity index (χ4v) is 2.71. The summed E-state index contributed by atoms with van der Waals surface area (Å²) in [5, 5.41) is 14.4. The van der Waals surface area contributed by atoms with Gasteiger partial charge in [-0.15, -0.1) is 0 Å². The molecule has 1 aromatic heterocycles. The molecule has 1 N–H and O–H groups in total. The van der Waals surface area contributed by atoms with Crippen molar-refractivity contribution in [3.63, 3.8) is 0 Å². The fraction of sp³-hybridized carbons (Fsp3) is 0.444. The molecule has 3 rings (SSSR count). The van der Waals surface area contributed by atoms with E-state index in [1.807, 2.05) is 24.0 Å². The number of nitrogens with zero attached hydrogens (tertiary/aromatic N) is 3. The molecule has 1 aromatic carbocycles. The second kappa shape index (κ2) is 6.44. The Kier molecular flexibility index (Phi) is 4.37. The summed E-state index contributed by atoms with van der Waals surface area (Å²) >= 11 is 0. The van der Waals surface area contributed by atoms with Gasteiger partial charge in [-0.2, -0.15) is 9.78 Å². The lowest BCUT2D eigenvalue weighted by molar-refractivity contribution is 0.192. The lowest BCUT2D eigenvalue weighted by Gasteiger charge is -2.21. The fourth-order valence-electron chi connectivity index (χ4n) is 2.71. The average Bonchev–Trinajstić information content (AvgIpc) is 3.26. The topological polar surface area (TPSA) is 58.4 Å². The highest BCUT2D eigenvalue weighted by molar-refractivity contribution is 5.78. The molecule has 0 spiro atoms. The molecule has 0 aliphatic heterocycles. The van der Waals surface area contributed by atoms with E-state index in [1.165, 1.54) is 4.68 Å². The standard InChI is InChI=1S/C18H23N3O2/c1-3-4-10-20(14-6-7-14)18(23)21-11-9-16(19-21)15-12-13(2)5-8-17(15)22/h5,8-9,11-12,14,22H,3-4,6-7,10H2,1-2H3. The summed E-state index contributed by atoms with van der Waals surface area (Å²) in [6.45, 7) is 4.87. The third-order valence-corrected chi connectivity index (χ3v) is 4.20. The van der Waals surface area contributed by atoms with E-state index in [0.717, 1.165) is 37.8 Å². The van der Waals surface area contributed by atoms with Gasteiger partial charge in [0.2, 0.25) is 0 Å². The van der Waals surface area contributed by atoms with E-state index in [0.29, 0.717) is 17.3 Å². The molecule has 5 heteroatoms. The van der Waals surface area contributed by atoms with E-state index in [1.54, 1.807) is 18.3 Å². The summed E-state index contributed by atoms with van der Waals surface area (Å²) in [4.78, 5) is 14.6. The monoisotopic (exact) mass is 313 g/mol. The molecule has 0 atom stereocenters. The minimum Gasteiger partial charge on any atom is -0.507 e. The number of aromatic hydroxyl groups is 1. The first-order valence-corrected chi connectivity index (χ1v) is 8.26. The second-order valence-electron chi connectivity index (χ2n) is 6.23.